The predicted octanol–water partition coefficient (Wildman–Crippen LogP) is 4.31. The lowest BCUT2D eigenvalue weighted by Crippen LogP contribution is -2.27. The van der Waals surface area contributed by atoms with Crippen LogP contribution in [0, 0.1) is 0 Å². The molecule has 0 spiro atoms. The Morgan fingerprint density at radius 1 is 1.04 bits per heavy atom. The highest BCUT2D eigenvalue weighted by Crippen LogP contribution is 2.54. The van der Waals surface area contributed by atoms with Gasteiger partial charge in [-0.05, 0) is 23.1 Å². The smallest absolute Gasteiger partial charge is 0.166 e. The minimum absolute atomic E-state index is 0.156. The first kappa shape index (κ1) is 12.9. The quantitative estimate of drug-likeness (QED) is 0.620. The van der Waals surface area contributed by atoms with Crippen LogP contribution in [-0.4, -0.2) is 18.2 Å². The van der Waals surface area contributed by atoms with Crippen LogP contribution >= 0.6 is 0 Å². The number of nitrogens with zero attached hydrogens (tertiary/aromatic N) is 1. The van der Waals surface area contributed by atoms with Gasteiger partial charge in [0.25, 0.3) is 0 Å². The molecule has 1 aromatic heterocycles. The molecule has 0 N–H and O–H groups in total. The van der Waals surface area contributed by atoms with Gasteiger partial charge in [0.1, 0.15) is 13.2 Å². The molecule has 0 fully saturated rings. The van der Waals surface area contributed by atoms with Crippen LogP contribution in [0.5, 0.6) is 11.5 Å². The Morgan fingerprint density at radius 3 is 2.78 bits per heavy atom. The van der Waals surface area contributed by atoms with E-state index in [1.165, 1.54) is 22.1 Å². The van der Waals surface area contributed by atoms with E-state index in [1.807, 2.05) is 6.20 Å². The summed E-state index contributed by atoms with van der Waals surface area (Å²) >= 11 is 0. The van der Waals surface area contributed by atoms with Crippen molar-refractivity contribution >= 4 is 10.8 Å². The third-order valence-corrected chi connectivity index (χ3v) is 5.04. The average Bonchev–Trinajstić information content (AvgIpc) is 2.58. The largest absolute Gasteiger partial charge is 0.486 e. The molecule has 0 saturated heterocycles. The van der Waals surface area contributed by atoms with E-state index in [-0.39, 0.29) is 5.41 Å². The van der Waals surface area contributed by atoms with Gasteiger partial charge in [0.2, 0.25) is 0 Å². The molecule has 3 aromatic rings. The van der Waals surface area contributed by atoms with Gasteiger partial charge < -0.3 is 9.47 Å². The van der Waals surface area contributed by atoms with Gasteiger partial charge in [-0.15, -0.1) is 0 Å². The van der Waals surface area contributed by atoms with Crippen molar-refractivity contribution in [3.05, 3.63) is 53.7 Å². The minimum atomic E-state index is -0.156. The van der Waals surface area contributed by atoms with Crippen molar-refractivity contribution < 1.29 is 9.47 Å². The molecule has 2 aromatic carbocycles. The summed E-state index contributed by atoms with van der Waals surface area (Å²) < 4.78 is 11.9. The number of ether oxygens (including phenoxy) is 2. The number of fused-ring (bicyclic) bond motifs is 4. The normalized spacial score (nSPS) is 17.0. The molecular formula is C20H17NO2. The van der Waals surface area contributed by atoms with E-state index in [2.05, 4.69) is 50.2 Å². The van der Waals surface area contributed by atoms with Crippen LogP contribution in [0.3, 0.4) is 0 Å². The number of hydrogen-bond donors (Lipinski definition) is 0. The Labute approximate surface area is 134 Å². The highest BCUT2D eigenvalue weighted by Gasteiger charge is 2.38. The van der Waals surface area contributed by atoms with Crippen molar-refractivity contribution in [2.24, 2.45) is 0 Å². The number of rotatable bonds is 0. The van der Waals surface area contributed by atoms with E-state index in [9.17, 15) is 0 Å². The van der Waals surface area contributed by atoms with E-state index < -0.39 is 0 Å². The van der Waals surface area contributed by atoms with E-state index in [0.717, 1.165) is 22.6 Å². The third kappa shape index (κ3) is 1.57. The van der Waals surface area contributed by atoms with Gasteiger partial charge in [-0.3, -0.25) is 4.98 Å². The average molecular weight is 303 g/mol. The second kappa shape index (κ2) is 4.25. The maximum Gasteiger partial charge on any atom is 0.166 e. The van der Waals surface area contributed by atoms with Gasteiger partial charge in [0, 0.05) is 28.1 Å². The molecule has 0 atom stereocenters. The van der Waals surface area contributed by atoms with E-state index >= 15 is 0 Å². The van der Waals surface area contributed by atoms with E-state index in [0.29, 0.717) is 13.2 Å². The molecule has 0 saturated carbocycles. The van der Waals surface area contributed by atoms with Gasteiger partial charge >= 0.3 is 0 Å². The fourth-order valence-electron chi connectivity index (χ4n) is 4.02. The van der Waals surface area contributed by atoms with Gasteiger partial charge in [0.05, 0.1) is 5.69 Å². The lowest BCUT2D eigenvalue weighted by Gasteiger charge is -2.37. The molecule has 2 heterocycles. The number of benzene rings is 2. The second-order valence-electron chi connectivity index (χ2n) is 6.70. The lowest BCUT2D eigenvalue weighted by atomic mass is 9.69. The minimum Gasteiger partial charge on any atom is -0.486 e. The lowest BCUT2D eigenvalue weighted by molar-refractivity contribution is 0.169. The SMILES string of the molecule is CC1(C)c2ccccc2-c2nccc3cc4c(c1c23)OCCO4. The van der Waals surface area contributed by atoms with Crippen LogP contribution in [0.15, 0.2) is 42.6 Å². The highest BCUT2D eigenvalue weighted by molar-refractivity contribution is 6.03. The maximum atomic E-state index is 6.04. The Kier molecular flexibility index (Phi) is 2.39. The van der Waals surface area contributed by atoms with Crippen LogP contribution < -0.4 is 9.47 Å². The molecule has 5 rings (SSSR count). The van der Waals surface area contributed by atoms with Crippen molar-refractivity contribution in [3.63, 3.8) is 0 Å². The summed E-state index contributed by atoms with van der Waals surface area (Å²) in [5.41, 5.74) is 4.59. The van der Waals surface area contributed by atoms with Crippen molar-refractivity contribution in [2.75, 3.05) is 13.2 Å². The standard InChI is InChI=1S/C20H17NO2/c1-20(2)14-6-4-3-5-13(14)18-16-12(7-8-21-18)11-15-19(17(16)20)23-10-9-22-15/h3-8,11H,9-10H2,1-2H3. The van der Waals surface area contributed by atoms with Crippen molar-refractivity contribution in [1.29, 1.82) is 0 Å². The van der Waals surface area contributed by atoms with Crippen LogP contribution in [0.25, 0.3) is 22.0 Å². The zero-order chi connectivity index (χ0) is 15.6. The summed E-state index contributed by atoms with van der Waals surface area (Å²) in [6, 6.07) is 12.7. The molecule has 0 amide bonds. The van der Waals surface area contributed by atoms with Crippen LogP contribution in [0.2, 0.25) is 0 Å². The molecule has 23 heavy (non-hydrogen) atoms. The van der Waals surface area contributed by atoms with Crippen molar-refractivity contribution in [2.45, 2.75) is 19.3 Å². The van der Waals surface area contributed by atoms with E-state index in [1.54, 1.807) is 0 Å². The molecular weight excluding hydrogens is 286 g/mol. The predicted molar refractivity (Wildman–Crippen MR) is 90.3 cm³/mol. The molecule has 114 valence electrons. The molecule has 3 heteroatoms. The molecule has 3 nitrogen and oxygen atoms in total. The Morgan fingerprint density at radius 2 is 1.87 bits per heavy atom. The Bertz CT molecular complexity index is 959. The Hall–Kier alpha value is -2.55. The third-order valence-electron chi connectivity index (χ3n) is 5.04. The summed E-state index contributed by atoms with van der Waals surface area (Å²) in [6.45, 7) is 5.72. The summed E-state index contributed by atoms with van der Waals surface area (Å²) in [7, 11) is 0. The van der Waals surface area contributed by atoms with Crippen LogP contribution in [0.4, 0.5) is 0 Å². The van der Waals surface area contributed by atoms with Gasteiger partial charge in [-0.25, -0.2) is 0 Å². The summed E-state index contributed by atoms with van der Waals surface area (Å²) in [4.78, 5) is 4.70. The number of aromatic nitrogens is 1. The van der Waals surface area contributed by atoms with Gasteiger partial charge in [-0.1, -0.05) is 38.1 Å². The molecule has 0 bridgehead atoms. The highest BCUT2D eigenvalue weighted by atomic mass is 16.6. The van der Waals surface area contributed by atoms with Crippen molar-refractivity contribution in [3.8, 4) is 22.8 Å². The van der Waals surface area contributed by atoms with Crippen molar-refractivity contribution in [1.82, 2.24) is 4.98 Å². The molecule has 0 unspecified atom stereocenters. The summed E-state index contributed by atoms with van der Waals surface area (Å²) in [5.74, 6) is 1.74. The Balaban J connectivity index is 2.02. The second-order valence-corrected chi connectivity index (χ2v) is 6.70. The first-order valence-electron chi connectivity index (χ1n) is 7.99. The molecule has 1 aliphatic heterocycles. The number of hydrogen-bond acceptors (Lipinski definition) is 3. The monoisotopic (exact) mass is 303 g/mol. The van der Waals surface area contributed by atoms with Crippen LogP contribution in [-0.2, 0) is 5.41 Å². The molecule has 0 radical (unpaired) electrons. The zero-order valence-corrected chi connectivity index (χ0v) is 13.2. The topological polar surface area (TPSA) is 31.4 Å². The van der Waals surface area contributed by atoms with Crippen LogP contribution in [0.1, 0.15) is 25.0 Å². The zero-order valence-electron chi connectivity index (χ0n) is 13.2. The maximum absolute atomic E-state index is 6.04. The number of pyridine rings is 1. The summed E-state index contributed by atoms with van der Waals surface area (Å²) in [6.07, 6.45) is 1.88. The van der Waals surface area contributed by atoms with Gasteiger partial charge in [0.15, 0.2) is 11.5 Å². The fourth-order valence-corrected chi connectivity index (χ4v) is 4.02. The molecule has 2 aliphatic rings. The summed E-state index contributed by atoms with van der Waals surface area (Å²) in [5, 5.41) is 2.36. The molecule has 1 aliphatic carbocycles. The van der Waals surface area contributed by atoms with Gasteiger partial charge in [-0.2, -0.15) is 0 Å². The first-order valence-corrected chi connectivity index (χ1v) is 7.99. The first-order chi connectivity index (χ1) is 11.2. The van der Waals surface area contributed by atoms with E-state index in [4.69, 9.17) is 14.5 Å². The fraction of sp³-hybridized carbons (Fsp3) is 0.250.